The summed E-state index contributed by atoms with van der Waals surface area (Å²) in [5, 5.41) is 0. The quantitative estimate of drug-likeness (QED) is 0.867. The van der Waals surface area contributed by atoms with Gasteiger partial charge in [0.15, 0.2) is 0 Å². The number of rotatable bonds is 4. The molecule has 1 atom stereocenters. The van der Waals surface area contributed by atoms with Crippen molar-refractivity contribution >= 4 is 11.3 Å². The van der Waals surface area contributed by atoms with Gasteiger partial charge in [-0.1, -0.05) is 6.92 Å². The van der Waals surface area contributed by atoms with Gasteiger partial charge in [-0.25, -0.2) is 0 Å². The molecule has 0 saturated heterocycles. The van der Waals surface area contributed by atoms with E-state index in [1.807, 2.05) is 0 Å². The van der Waals surface area contributed by atoms with Crippen LogP contribution in [-0.2, 0) is 12.8 Å². The molecule has 20 heavy (non-hydrogen) atoms. The molecule has 1 unspecified atom stereocenters. The molecular formula is C15H22F3NS. The fourth-order valence-electron chi connectivity index (χ4n) is 3.00. The summed E-state index contributed by atoms with van der Waals surface area (Å²) in [6.07, 6.45) is -0.505. The summed E-state index contributed by atoms with van der Waals surface area (Å²) in [5.41, 5.74) is 6.21. The van der Waals surface area contributed by atoms with Crippen molar-refractivity contribution in [3.05, 3.63) is 21.9 Å². The lowest BCUT2D eigenvalue weighted by molar-refractivity contribution is -0.184. The van der Waals surface area contributed by atoms with Crippen molar-refractivity contribution in [3.8, 4) is 0 Å². The van der Waals surface area contributed by atoms with E-state index in [-0.39, 0.29) is 24.8 Å². The van der Waals surface area contributed by atoms with Gasteiger partial charge in [-0.05, 0) is 56.6 Å². The monoisotopic (exact) mass is 305 g/mol. The van der Waals surface area contributed by atoms with E-state index in [0.29, 0.717) is 12.8 Å². The molecule has 1 aliphatic carbocycles. The third kappa shape index (κ3) is 3.98. The maximum atomic E-state index is 12.6. The molecule has 0 amide bonds. The van der Waals surface area contributed by atoms with Crippen LogP contribution < -0.4 is 5.73 Å². The van der Waals surface area contributed by atoms with E-state index in [4.69, 9.17) is 5.73 Å². The molecule has 1 aliphatic rings. The first-order valence-corrected chi connectivity index (χ1v) is 8.11. The molecule has 2 rings (SSSR count). The van der Waals surface area contributed by atoms with Crippen LogP contribution in [0.15, 0.2) is 12.1 Å². The zero-order valence-corrected chi connectivity index (χ0v) is 12.6. The van der Waals surface area contributed by atoms with Crippen LogP contribution in [0.25, 0.3) is 0 Å². The second kappa shape index (κ2) is 6.48. The van der Waals surface area contributed by atoms with Gasteiger partial charge >= 0.3 is 6.18 Å². The van der Waals surface area contributed by atoms with Gasteiger partial charge in [0, 0.05) is 15.8 Å². The van der Waals surface area contributed by atoms with Crippen LogP contribution in [-0.4, -0.2) is 12.2 Å². The van der Waals surface area contributed by atoms with E-state index < -0.39 is 12.1 Å². The zero-order chi connectivity index (χ0) is 14.8. The van der Waals surface area contributed by atoms with Gasteiger partial charge in [0.1, 0.15) is 0 Å². The minimum Gasteiger partial charge on any atom is -0.327 e. The first kappa shape index (κ1) is 15.8. The largest absolute Gasteiger partial charge is 0.391 e. The second-order valence-corrected chi connectivity index (χ2v) is 7.00. The Morgan fingerprint density at radius 2 is 1.80 bits per heavy atom. The lowest BCUT2D eigenvalue weighted by atomic mass is 9.77. The summed E-state index contributed by atoms with van der Waals surface area (Å²) in [7, 11) is 0. The Bertz CT molecular complexity index is 419. The highest BCUT2D eigenvalue weighted by Gasteiger charge is 2.42. The maximum absolute atomic E-state index is 12.6. The lowest BCUT2D eigenvalue weighted by Gasteiger charge is -2.32. The molecule has 5 heteroatoms. The van der Waals surface area contributed by atoms with Crippen molar-refractivity contribution in [2.24, 2.45) is 17.6 Å². The molecule has 1 fully saturated rings. The molecule has 1 nitrogen and oxygen atoms in total. The van der Waals surface area contributed by atoms with Crippen molar-refractivity contribution in [2.75, 3.05) is 0 Å². The molecule has 114 valence electrons. The van der Waals surface area contributed by atoms with Crippen LogP contribution in [0.2, 0.25) is 0 Å². The van der Waals surface area contributed by atoms with Gasteiger partial charge in [0.2, 0.25) is 0 Å². The topological polar surface area (TPSA) is 26.0 Å². The lowest BCUT2D eigenvalue weighted by Crippen LogP contribution is -2.37. The minimum atomic E-state index is -4.03. The van der Waals surface area contributed by atoms with Crippen LogP contribution in [0, 0.1) is 11.8 Å². The van der Waals surface area contributed by atoms with Gasteiger partial charge in [-0.2, -0.15) is 13.2 Å². The molecule has 0 radical (unpaired) electrons. The Labute approximate surface area is 122 Å². The minimum absolute atomic E-state index is 0.00691. The average Bonchev–Trinajstić information content (AvgIpc) is 2.85. The van der Waals surface area contributed by atoms with E-state index >= 15 is 0 Å². The maximum Gasteiger partial charge on any atom is 0.391 e. The average molecular weight is 305 g/mol. The fourth-order valence-corrected chi connectivity index (χ4v) is 4.02. The summed E-state index contributed by atoms with van der Waals surface area (Å²) in [4.78, 5) is 2.60. The van der Waals surface area contributed by atoms with Crippen LogP contribution in [0.1, 0.15) is 42.4 Å². The second-order valence-electron chi connectivity index (χ2n) is 5.74. The normalized spacial score (nSPS) is 25.6. The Hall–Kier alpha value is -0.550. The molecule has 1 aromatic rings. The number of halogens is 3. The number of hydrogen-bond acceptors (Lipinski definition) is 2. The van der Waals surface area contributed by atoms with E-state index in [1.165, 1.54) is 9.75 Å². The SMILES string of the molecule is CCc1ccc(CC(N)C2CCC(C(F)(F)F)CC2)s1. The first-order valence-electron chi connectivity index (χ1n) is 7.30. The van der Waals surface area contributed by atoms with E-state index in [0.717, 1.165) is 12.8 Å². The zero-order valence-electron chi connectivity index (χ0n) is 11.7. The number of nitrogens with two attached hydrogens (primary N) is 1. The molecule has 0 spiro atoms. The molecule has 1 aromatic heterocycles. The van der Waals surface area contributed by atoms with Crippen LogP contribution >= 0.6 is 11.3 Å². The molecule has 0 bridgehead atoms. The number of aryl methyl sites for hydroxylation is 1. The third-order valence-corrected chi connectivity index (χ3v) is 5.59. The third-order valence-electron chi connectivity index (χ3n) is 4.34. The van der Waals surface area contributed by atoms with Crippen molar-refractivity contribution in [1.29, 1.82) is 0 Å². The highest BCUT2D eigenvalue weighted by molar-refractivity contribution is 7.11. The Morgan fingerprint density at radius 3 is 2.30 bits per heavy atom. The van der Waals surface area contributed by atoms with Crippen molar-refractivity contribution in [3.63, 3.8) is 0 Å². The Morgan fingerprint density at radius 1 is 1.20 bits per heavy atom. The van der Waals surface area contributed by atoms with Crippen molar-refractivity contribution < 1.29 is 13.2 Å². The standard InChI is InChI=1S/C15H22F3NS/c1-2-12-7-8-13(20-12)9-14(19)10-3-5-11(6-4-10)15(16,17)18/h7-8,10-11,14H,2-6,9,19H2,1H3. The van der Waals surface area contributed by atoms with Gasteiger partial charge in [0.05, 0.1) is 5.92 Å². The van der Waals surface area contributed by atoms with E-state index in [2.05, 4.69) is 19.1 Å². The number of alkyl halides is 3. The predicted octanol–water partition coefficient (Wildman–Crippen LogP) is 4.55. The highest BCUT2D eigenvalue weighted by atomic mass is 32.1. The van der Waals surface area contributed by atoms with Crippen LogP contribution in [0.5, 0.6) is 0 Å². The summed E-state index contributed by atoms with van der Waals surface area (Å²) in [6, 6.07) is 4.21. The van der Waals surface area contributed by atoms with Crippen molar-refractivity contribution in [1.82, 2.24) is 0 Å². The highest BCUT2D eigenvalue weighted by Crippen LogP contribution is 2.40. The molecule has 0 aromatic carbocycles. The molecule has 0 aliphatic heterocycles. The van der Waals surface area contributed by atoms with Gasteiger partial charge < -0.3 is 5.73 Å². The fraction of sp³-hybridized carbons (Fsp3) is 0.733. The molecule has 2 N–H and O–H groups in total. The summed E-state index contributed by atoms with van der Waals surface area (Å²) in [5.74, 6) is -0.875. The van der Waals surface area contributed by atoms with E-state index in [1.54, 1.807) is 11.3 Å². The molecule has 1 saturated carbocycles. The smallest absolute Gasteiger partial charge is 0.327 e. The van der Waals surface area contributed by atoms with Crippen LogP contribution in [0.4, 0.5) is 13.2 Å². The summed E-state index contributed by atoms with van der Waals surface area (Å²) >= 11 is 1.77. The number of thiophene rings is 1. The van der Waals surface area contributed by atoms with E-state index in [9.17, 15) is 13.2 Å². The summed E-state index contributed by atoms with van der Waals surface area (Å²) in [6.45, 7) is 2.12. The Balaban J connectivity index is 1.84. The predicted molar refractivity (Wildman–Crippen MR) is 76.9 cm³/mol. The van der Waals surface area contributed by atoms with Gasteiger partial charge in [-0.15, -0.1) is 11.3 Å². The molecule has 1 heterocycles. The van der Waals surface area contributed by atoms with Gasteiger partial charge in [0.25, 0.3) is 0 Å². The van der Waals surface area contributed by atoms with Gasteiger partial charge in [-0.3, -0.25) is 0 Å². The van der Waals surface area contributed by atoms with Crippen molar-refractivity contribution in [2.45, 2.75) is 57.7 Å². The first-order chi connectivity index (χ1) is 9.40. The van der Waals surface area contributed by atoms with Crippen LogP contribution in [0.3, 0.4) is 0 Å². The molecular weight excluding hydrogens is 283 g/mol. The number of hydrogen-bond donors (Lipinski definition) is 1. The Kier molecular flexibility index (Phi) is 5.13. The summed E-state index contributed by atoms with van der Waals surface area (Å²) < 4.78 is 37.9.